The molecule has 2 heteroatoms. The Bertz CT molecular complexity index is 87.3. The van der Waals surface area contributed by atoms with Gasteiger partial charge in [0, 0.05) is 19.3 Å². The molecule has 1 aliphatic rings. The predicted molar refractivity (Wildman–Crippen MR) is 41.8 cm³/mol. The Labute approximate surface area is 62.7 Å². The molecule has 1 rings (SSSR count). The van der Waals surface area contributed by atoms with E-state index in [2.05, 4.69) is 6.92 Å². The van der Waals surface area contributed by atoms with Crippen LogP contribution in [0.2, 0.25) is 0 Å². The van der Waals surface area contributed by atoms with Gasteiger partial charge >= 0.3 is 0 Å². The molecule has 60 valence electrons. The van der Waals surface area contributed by atoms with E-state index in [0.717, 1.165) is 25.6 Å². The van der Waals surface area contributed by atoms with Crippen LogP contribution in [-0.2, 0) is 4.74 Å². The molecular formula is C8H17NO. The second-order valence-corrected chi connectivity index (χ2v) is 3.30. The van der Waals surface area contributed by atoms with Crippen LogP contribution in [0.15, 0.2) is 0 Å². The van der Waals surface area contributed by atoms with Gasteiger partial charge in [0.05, 0.1) is 0 Å². The Morgan fingerprint density at radius 3 is 3.00 bits per heavy atom. The summed E-state index contributed by atoms with van der Waals surface area (Å²) in [6.07, 6.45) is 3.65. The van der Waals surface area contributed by atoms with E-state index in [0.29, 0.717) is 6.04 Å². The fourth-order valence-corrected chi connectivity index (χ4v) is 1.52. The largest absolute Gasteiger partial charge is 0.381 e. The van der Waals surface area contributed by atoms with Gasteiger partial charge in [-0.05, 0) is 32.1 Å². The van der Waals surface area contributed by atoms with Crippen molar-refractivity contribution in [1.82, 2.24) is 0 Å². The molecule has 1 aliphatic heterocycles. The molecule has 2 nitrogen and oxygen atoms in total. The zero-order valence-electron chi connectivity index (χ0n) is 6.68. The van der Waals surface area contributed by atoms with Gasteiger partial charge in [-0.25, -0.2) is 0 Å². The molecule has 0 amide bonds. The Hall–Kier alpha value is -0.0800. The van der Waals surface area contributed by atoms with Gasteiger partial charge in [-0.2, -0.15) is 0 Å². The smallest absolute Gasteiger partial charge is 0.0494 e. The lowest BCUT2D eigenvalue weighted by Crippen LogP contribution is -2.25. The van der Waals surface area contributed by atoms with Crippen LogP contribution in [0, 0.1) is 5.92 Å². The average molecular weight is 143 g/mol. The fraction of sp³-hybridized carbons (Fsp3) is 1.00. The third-order valence-corrected chi connectivity index (χ3v) is 1.96. The fourth-order valence-electron chi connectivity index (χ4n) is 1.52. The first kappa shape index (κ1) is 8.02. The van der Waals surface area contributed by atoms with Gasteiger partial charge in [-0.3, -0.25) is 0 Å². The topological polar surface area (TPSA) is 35.2 Å². The minimum Gasteiger partial charge on any atom is -0.381 e. The summed E-state index contributed by atoms with van der Waals surface area (Å²) < 4.78 is 5.33. The van der Waals surface area contributed by atoms with Crippen LogP contribution >= 0.6 is 0 Å². The minimum absolute atomic E-state index is 0.340. The van der Waals surface area contributed by atoms with Crippen LogP contribution in [0.5, 0.6) is 0 Å². The summed E-state index contributed by atoms with van der Waals surface area (Å²) >= 11 is 0. The molecule has 1 unspecified atom stereocenters. The second-order valence-electron chi connectivity index (χ2n) is 3.30. The van der Waals surface area contributed by atoms with Crippen molar-refractivity contribution in [3.05, 3.63) is 0 Å². The standard InChI is InChI=1S/C8H17NO/c1-7(9)5-8-3-2-4-10-6-8/h7-8H,2-6,9H2,1H3/t7-,8?/m1/s1. The van der Waals surface area contributed by atoms with E-state index in [-0.39, 0.29) is 0 Å². The summed E-state index contributed by atoms with van der Waals surface area (Å²) in [5, 5.41) is 0. The van der Waals surface area contributed by atoms with Crippen molar-refractivity contribution in [3.8, 4) is 0 Å². The van der Waals surface area contributed by atoms with E-state index < -0.39 is 0 Å². The zero-order valence-corrected chi connectivity index (χ0v) is 6.68. The van der Waals surface area contributed by atoms with E-state index >= 15 is 0 Å². The van der Waals surface area contributed by atoms with Crippen molar-refractivity contribution in [3.63, 3.8) is 0 Å². The number of hydrogen-bond donors (Lipinski definition) is 1. The lowest BCUT2D eigenvalue weighted by atomic mass is 9.95. The van der Waals surface area contributed by atoms with E-state index in [1.165, 1.54) is 12.8 Å². The van der Waals surface area contributed by atoms with Crippen molar-refractivity contribution in [2.24, 2.45) is 11.7 Å². The first-order chi connectivity index (χ1) is 4.79. The summed E-state index contributed by atoms with van der Waals surface area (Å²) in [4.78, 5) is 0. The summed E-state index contributed by atoms with van der Waals surface area (Å²) in [7, 11) is 0. The van der Waals surface area contributed by atoms with Crippen LogP contribution < -0.4 is 5.73 Å². The number of hydrogen-bond acceptors (Lipinski definition) is 2. The molecule has 1 heterocycles. The van der Waals surface area contributed by atoms with Crippen LogP contribution in [0.4, 0.5) is 0 Å². The Kier molecular flexibility index (Phi) is 3.16. The normalized spacial score (nSPS) is 30.0. The number of rotatable bonds is 2. The highest BCUT2D eigenvalue weighted by molar-refractivity contribution is 4.67. The van der Waals surface area contributed by atoms with Gasteiger partial charge in [0.1, 0.15) is 0 Å². The quantitative estimate of drug-likeness (QED) is 0.629. The van der Waals surface area contributed by atoms with Crippen LogP contribution in [0.1, 0.15) is 26.2 Å². The number of ether oxygens (including phenoxy) is 1. The van der Waals surface area contributed by atoms with Crippen molar-refractivity contribution in [1.29, 1.82) is 0 Å². The first-order valence-corrected chi connectivity index (χ1v) is 4.12. The summed E-state index contributed by atoms with van der Waals surface area (Å²) in [6, 6.07) is 0.340. The van der Waals surface area contributed by atoms with Gasteiger partial charge in [-0.1, -0.05) is 0 Å². The maximum Gasteiger partial charge on any atom is 0.0494 e. The molecule has 2 atom stereocenters. The summed E-state index contributed by atoms with van der Waals surface area (Å²) in [5.74, 6) is 0.730. The zero-order chi connectivity index (χ0) is 7.40. The van der Waals surface area contributed by atoms with Crippen molar-refractivity contribution in [2.45, 2.75) is 32.2 Å². The SMILES string of the molecule is C[C@@H](N)CC1CCCOC1. The molecule has 0 spiro atoms. The maximum absolute atomic E-state index is 5.67. The average Bonchev–Trinajstić information content (AvgIpc) is 1.88. The molecule has 2 N–H and O–H groups in total. The predicted octanol–water partition coefficient (Wildman–Crippen LogP) is 1.15. The van der Waals surface area contributed by atoms with Gasteiger partial charge in [0.15, 0.2) is 0 Å². The lowest BCUT2D eigenvalue weighted by Gasteiger charge is -2.23. The molecule has 1 saturated heterocycles. The van der Waals surface area contributed by atoms with Crippen LogP contribution in [0.3, 0.4) is 0 Å². The van der Waals surface area contributed by atoms with Gasteiger partial charge in [0.2, 0.25) is 0 Å². The summed E-state index contributed by atoms with van der Waals surface area (Å²) in [5.41, 5.74) is 5.67. The molecule has 0 aliphatic carbocycles. The first-order valence-electron chi connectivity index (χ1n) is 4.12. The third-order valence-electron chi connectivity index (χ3n) is 1.96. The Morgan fingerprint density at radius 2 is 2.50 bits per heavy atom. The highest BCUT2D eigenvalue weighted by atomic mass is 16.5. The van der Waals surface area contributed by atoms with E-state index in [9.17, 15) is 0 Å². The molecule has 0 aromatic rings. The van der Waals surface area contributed by atoms with Gasteiger partial charge in [0.25, 0.3) is 0 Å². The molecule has 0 aromatic carbocycles. The molecule has 0 aromatic heterocycles. The second kappa shape index (κ2) is 3.94. The van der Waals surface area contributed by atoms with Crippen molar-refractivity contribution >= 4 is 0 Å². The number of nitrogens with two attached hydrogens (primary N) is 1. The van der Waals surface area contributed by atoms with E-state index in [4.69, 9.17) is 10.5 Å². The lowest BCUT2D eigenvalue weighted by molar-refractivity contribution is 0.0497. The van der Waals surface area contributed by atoms with Crippen LogP contribution in [0.25, 0.3) is 0 Å². The maximum atomic E-state index is 5.67. The molecule has 0 bridgehead atoms. The van der Waals surface area contributed by atoms with E-state index in [1.54, 1.807) is 0 Å². The highest BCUT2D eigenvalue weighted by Gasteiger charge is 2.14. The van der Waals surface area contributed by atoms with Crippen molar-refractivity contribution in [2.75, 3.05) is 13.2 Å². The van der Waals surface area contributed by atoms with Gasteiger partial charge < -0.3 is 10.5 Å². The monoisotopic (exact) mass is 143 g/mol. The van der Waals surface area contributed by atoms with Crippen molar-refractivity contribution < 1.29 is 4.74 Å². The molecule has 10 heavy (non-hydrogen) atoms. The van der Waals surface area contributed by atoms with E-state index in [1.807, 2.05) is 0 Å². The Balaban J connectivity index is 2.13. The molecule has 0 saturated carbocycles. The molecule has 0 radical (unpaired) electrons. The molecular weight excluding hydrogens is 126 g/mol. The minimum atomic E-state index is 0.340. The van der Waals surface area contributed by atoms with Crippen LogP contribution in [-0.4, -0.2) is 19.3 Å². The third kappa shape index (κ3) is 2.67. The molecule has 1 fully saturated rings. The highest BCUT2D eigenvalue weighted by Crippen LogP contribution is 2.17. The van der Waals surface area contributed by atoms with Gasteiger partial charge in [-0.15, -0.1) is 0 Å². The summed E-state index contributed by atoms with van der Waals surface area (Å²) in [6.45, 7) is 3.95. The Morgan fingerprint density at radius 1 is 1.70 bits per heavy atom.